The predicted molar refractivity (Wildman–Crippen MR) is 75.4 cm³/mol. The third-order valence-electron chi connectivity index (χ3n) is 4.36. The van der Waals surface area contributed by atoms with Crippen molar-refractivity contribution >= 4 is 0 Å². The van der Waals surface area contributed by atoms with Crippen LogP contribution in [-0.2, 0) is 0 Å². The summed E-state index contributed by atoms with van der Waals surface area (Å²) in [5, 5.41) is 0. The molecule has 0 saturated heterocycles. The van der Waals surface area contributed by atoms with Crippen molar-refractivity contribution < 1.29 is 0 Å². The SMILES string of the molecule is CCCC[C@H]1CC[C@@H](c2ccc(C)cc2)CC1. The second-order valence-corrected chi connectivity index (χ2v) is 5.77. The minimum Gasteiger partial charge on any atom is -0.0654 e. The fourth-order valence-corrected chi connectivity index (χ4v) is 3.12. The molecule has 0 unspecified atom stereocenters. The summed E-state index contributed by atoms with van der Waals surface area (Å²) in [6.07, 6.45) is 10.0. The molecule has 1 saturated carbocycles. The zero-order valence-corrected chi connectivity index (χ0v) is 11.4. The Morgan fingerprint density at radius 1 is 1.00 bits per heavy atom. The van der Waals surface area contributed by atoms with E-state index in [0.29, 0.717) is 0 Å². The fourth-order valence-electron chi connectivity index (χ4n) is 3.12. The first-order valence-corrected chi connectivity index (χ1v) is 7.36. The Kier molecular flexibility index (Phi) is 4.65. The Balaban J connectivity index is 1.84. The van der Waals surface area contributed by atoms with Gasteiger partial charge in [0.05, 0.1) is 0 Å². The van der Waals surface area contributed by atoms with Crippen LogP contribution in [0.25, 0.3) is 0 Å². The van der Waals surface area contributed by atoms with Gasteiger partial charge in [-0.05, 0) is 50.0 Å². The first-order valence-electron chi connectivity index (χ1n) is 7.36. The normalized spacial score (nSPS) is 24.8. The van der Waals surface area contributed by atoms with Crippen molar-refractivity contribution in [1.82, 2.24) is 0 Å². The molecular formula is C17H26. The minimum atomic E-state index is 0.841. The lowest BCUT2D eigenvalue weighted by Gasteiger charge is -2.28. The third-order valence-corrected chi connectivity index (χ3v) is 4.36. The van der Waals surface area contributed by atoms with Gasteiger partial charge in [-0.3, -0.25) is 0 Å². The Labute approximate surface area is 106 Å². The molecule has 1 aromatic rings. The molecule has 0 heterocycles. The molecule has 1 aromatic carbocycles. The second-order valence-electron chi connectivity index (χ2n) is 5.77. The average molecular weight is 230 g/mol. The van der Waals surface area contributed by atoms with Gasteiger partial charge in [0.1, 0.15) is 0 Å². The van der Waals surface area contributed by atoms with Crippen molar-refractivity contribution in [2.24, 2.45) is 5.92 Å². The van der Waals surface area contributed by atoms with Crippen LogP contribution in [0.4, 0.5) is 0 Å². The van der Waals surface area contributed by atoms with Gasteiger partial charge in [0.15, 0.2) is 0 Å². The molecular weight excluding hydrogens is 204 g/mol. The van der Waals surface area contributed by atoms with Gasteiger partial charge in [-0.1, -0.05) is 56.0 Å². The standard InChI is InChI=1S/C17H26/c1-3-4-5-15-8-12-17(13-9-15)16-10-6-14(2)7-11-16/h6-7,10-11,15,17H,3-5,8-9,12-13H2,1-2H3/t15-,17+. The lowest BCUT2D eigenvalue weighted by atomic mass is 9.77. The summed E-state index contributed by atoms with van der Waals surface area (Å²) < 4.78 is 0. The van der Waals surface area contributed by atoms with Gasteiger partial charge in [0.25, 0.3) is 0 Å². The Hall–Kier alpha value is -0.780. The predicted octanol–water partition coefficient (Wildman–Crippen LogP) is 5.46. The first kappa shape index (κ1) is 12.7. The topological polar surface area (TPSA) is 0 Å². The van der Waals surface area contributed by atoms with Crippen molar-refractivity contribution in [2.45, 2.75) is 64.7 Å². The van der Waals surface area contributed by atoms with Crippen molar-refractivity contribution in [1.29, 1.82) is 0 Å². The van der Waals surface area contributed by atoms with Gasteiger partial charge in [-0.15, -0.1) is 0 Å². The van der Waals surface area contributed by atoms with E-state index in [9.17, 15) is 0 Å². The quantitative estimate of drug-likeness (QED) is 0.644. The Morgan fingerprint density at radius 2 is 1.65 bits per heavy atom. The van der Waals surface area contributed by atoms with Crippen molar-refractivity contribution in [3.05, 3.63) is 35.4 Å². The van der Waals surface area contributed by atoms with Gasteiger partial charge < -0.3 is 0 Å². The van der Waals surface area contributed by atoms with E-state index in [4.69, 9.17) is 0 Å². The summed E-state index contributed by atoms with van der Waals surface area (Å²) in [7, 11) is 0. The number of hydrogen-bond donors (Lipinski definition) is 0. The largest absolute Gasteiger partial charge is 0.0654 e. The number of hydrogen-bond acceptors (Lipinski definition) is 0. The summed E-state index contributed by atoms with van der Waals surface area (Å²) in [6.45, 7) is 4.48. The Morgan fingerprint density at radius 3 is 2.24 bits per heavy atom. The molecule has 0 N–H and O–H groups in total. The van der Waals surface area contributed by atoms with Gasteiger partial charge in [0.2, 0.25) is 0 Å². The maximum atomic E-state index is 2.34. The number of rotatable bonds is 4. The van der Waals surface area contributed by atoms with E-state index in [2.05, 4.69) is 38.1 Å². The third kappa shape index (κ3) is 3.59. The van der Waals surface area contributed by atoms with Crippen LogP contribution in [0.1, 0.15) is 68.9 Å². The number of unbranched alkanes of at least 4 members (excludes halogenated alkanes) is 1. The van der Waals surface area contributed by atoms with E-state index in [1.165, 1.54) is 50.5 Å². The molecule has 0 bridgehead atoms. The highest BCUT2D eigenvalue weighted by atomic mass is 14.3. The van der Waals surface area contributed by atoms with E-state index < -0.39 is 0 Å². The van der Waals surface area contributed by atoms with Crippen LogP contribution >= 0.6 is 0 Å². The van der Waals surface area contributed by atoms with Crippen LogP contribution in [0.2, 0.25) is 0 Å². The molecule has 1 aliphatic rings. The molecule has 0 amide bonds. The molecule has 0 atom stereocenters. The van der Waals surface area contributed by atoms with Crippen LogP contribution in [-0.4, -0.2) is 0 Å². The van der Waals surface area contributed by atoms with E-state index in [-0.39, 0.29) is 0 Å². The maximum Gasteiger partial charge on any atom is -0.0162 e. The average Bonchev–Trinajstić information content (AvgIpc) is 2.38. The highest BCUT2D eigenvalue weighted by Gasteiger charge is 2.21. The maximum absolute atomic E-state index is 2.34. The smallest absolute Gasteiger partial charge is 0.0162 e. The van der Waals surface area contributed by atoms with Crippen molar-refractivity contribution in [3.63, 3.8) is 0 Å². The van der Waals surface area contributed by atoms with Gasteiger partial charge in [-0.25, -0.2) is 0 Å². The minimum absolute atomic E-state index is 0.841. The molecule has 94 valence electrons. The fraction of sp³-hybridized carbons (Fsp3) is 0.647. The van der Waals surface area contributed by atoms with Gasteiger partial charge in [-0.2, -0.15) is 0 Å². The summed E-state index contributed by atoms with van der Waals surface area (Å²) >= 11 is 0. The molecule has 0 spiro atoms. The van der Waals surface area contributed by atoms with Crippen LogP contribution in [0, 0.1) is 12.8 Å². The first-order chi connectivity index (χ1) is 8.29. The second kappa shape index (κ2) is 6.23. The zero-order chi connectivity index (χ0) is 12.1. The lowest BCUT2D eigenvalue weighted by Crippen LogP contribution is -2.13. The van der Waals surface area contributed by atoms with Crippen LogP contribution < -0.4 is 0 Å². The molecule has 2 rings (SSSR count). The molecule has 0 aliphatic heterocycles. The molecule has 0 radical (unpaired) electrons. The monoisotopic (exact) mass is 230 g/mol. The van der Waals surface area contributed by atoms with Crippen LogP contribution in [0.3, 0.4) is 0 Å². The molecule has 0 nitrogen and oxygen atoms in total. The highest BCUT2D eigenvalue weighted by Crippen LogP contribution is 2.37. The van der Waals surface area contributed by atoms with Crippen molar-refractivity contribution in [3.8, 4) is 0 Å². The van der Waals surface area contributed by atoms with Crippen molar-refractivity contribution in [2.75, 3.05) is 0 Å². The van der Waals surface area contributed by atoms with Gasteiger partial charge >= 0.3 is 0 Å². The van der Waals surface area contributed by atoms with Gasteiger partial charge in [0, 0.05) is 0 Å². The van der Waals surface area contributed by atoms with E-state index in [1.54, 1.807) is 5.56 Å². The van der Waals surface area contributed by atoms with Crippen LogP contribution in [0.5, 0.6) is 0 Å². The zero-order valence-electron chi connectivity index (χ0n) is 11.4. The molecule has 0 heteroatoms. The number of benzene rings is 1. The molecule has 1 fully saturated rings. The summed E-state index contributed by atoms with van der Waals surface area (Å²) in [4.78, 5) is 0. The van der Waals surface area contributed by atoms with Crippen LogP contribution in [0.15, 0.2) is 24.3 Å². The van der Waals surface area contributed by atoms with E-state index >= 15 is 0 Å². The summed E-state index contributed by atoms with van der Waals surface area (Å²) in [6, 6.07) is 9.20. The van der Waals surface area contributed by atoms with E-state index in [0.717, 1.165) is 11.8 Å². The Bertz CT molecular complexity index is 314. The summed E-state index contributed by atoms with van der Waals surface area (Å²) in [5.74, 6) is 1.87. The molecule has 17 heavy (non-hydrogen) atoms. The summed E-state index contributed by atoms with van der Waals surface area (Å²) in [5.41, 5.74) is 2.95. The number of aryl methyl sites for hydroxylation is 1. The molecule has 0 aromatic heterocycles. The highest BCUT2D eigenvalue weighted by molar-refractivity contribution is 5.24. The molecule has 1 aliphatic carbocycles. The lowest BCUT2D eigenvalue weighted by molar-refractivity contribution is 0.304. The van der Waals surface area contributed by atoms with E-state index in [1.807, 2.05) is 0 Å².